The number of piperidine rings is 1. The van der Waals surface area contributed by atoms with Crippen molar-refractivity contribution in [2.75, 3.05) is 18.4 Å². The van der Waals surface area contributed by atoms with E-state index in [1.807, 2.05) is 24.3 Å². The van der Waals surface area contributed by atoms with Crippen LogP contribution in [0.4, 0.5) is 10.5 Å². The zero-order chi connectivity index (χ0) is 22.1. The van der Waals surface area contributed by atoms with Crippen molar-refractivity contribution in [2.24, 2.45) is 0 Å². The van der Waals surface area contributed by atoms with Gasteiger partial charge in [-0.1, -0.05) is 57.2 Å². The van der Waals surface area contributed by atoms with Gasteiger partial charge in [0.1, 0.15) is 5.60 Å². The van der Waals surface area contributed by atoms with Gasteiger partial charge in [0.15, 0.2) is 0 Å². The van der Waals surface area contributed by atoms with E-state index >= 15 is 0 Å². The van der Waals surface area contributed by atoms with Crippen molar-refractivity contribution in [1.29, 1.82) is 0 Å². The fourth-order valence-electron chi connectivity index (χ4n) is 3.79. The Morgan fingerprint density at radius 3 is 2.45 bits per heavy atom. The summed E-state index contributed by atoms with van der Waals surface area (Å²) >= 11 is 3.41. The van der Waals surface area contributed by atoms with Crippen LogP contribution in [0.1, 0.15) is 44.7 Å². The van der Waals surface area contributed by atoms with Crippen molar-refractivity contribution in [1.82, 2.24) is 10.5 Å². The summed E-state index contributed by atoms with van der Waals surface area (Å²) in [5.41, 5.74) is 6.93. The summed E-state index contributed by atoms with van der Waals surface area (Å²) in [4.78, 5) is 23.7. The smallest absolute Gasteiger partial charge is 0.351 e. The highest BCUT2D eigenvalue weighted by Crippen LogP contribution is 2.35. The number of benzene rings is 2. The summed E-state index contributed by atoms with van der Waals surface area (Å²) in [7, 11) is 0. The molecule has 1 saturated heterocycles. The molecule has 0 aromatic heterocycles. The van der Waals surface area contributed by atoms with Crippen molar-refractivity contribution < 1.29 is 14.5 Å². The van der Waals surface area contributed by atoms with E-state index in [0.29, 0.717) is 18.8 Å². The molecule has 2 aliphatic rings. The predicted molar refractivity (Wildman–Crippen MR) is 125 cm³/mol. The first-order valence-corrected chi connectivity index (χ1v) is 11.3. The van der Waals surface area contributed by atoms with Crippen LogP contribution in [0.25, 0.3) is 5.70 Å². The Morgan fingerprint density at radius 1 is 1.13 bits per heavy atom. The first-order valence-electron chi connectivity index (χ1n) is 10.5. The first-order chi connectivity index (χ1) is 14.7. The summed E-state index contributed by atoms with van der Waals surface area (Å²) in [6.45, 7) is 7.82. The van der Waals surface area contributed by atoms with Crippen LogP contribution in [0.3, 0.4) is 0 Å². The summed E-state index contributed by atoms with van der Waals surface area (Å²) in [5, 5.41) is 4.44. The second kappa shape index (κ2) is 8.65. The van der Waals surface area contributed by atoms with Gasteiger partial charge >= 0.3 is 6.09 Å². The van der Waals surface area contributed by atoms with E-state index in [2.05, 4.69) is 77.8 Å². The van der Waals surface area contributed by atoms with Gasteiger partial charge in [-0.3, -0.25) is 15.6 Å². The number of anilines is 1. The quantitative estimate of drug-likeness (QED) is 0.590. The molecule has 164 valence electrons. The van der Waals surface area contributed by atoms with Crippen molar-refractivity contribution in [3.05, 3.63) is 70.2 Å². The highest BCUT2D eigenvalue weighted by molar-refractivity contribution is 9.10. The van der Waals surface area contributed by atoms with Gasteiger partial charge in [0.2, 0.25) is 0 Å². The van der Waals surface area contributed by atoms with Crippen molar-refractivity contribution in [2.45, 2.75) is 44.6 Å². The minimum Gasteiger partial charge on any atom is -0.351 e. The first kappa shape index (κ1) is 21.9. The minimum atomic E-state index is -0.497. The molecule has 2 aliphatic heterocycles. The number of nitrogens with one attached hydrogen (secondary N) is 2. The van der Waals surface area contributed by atoms with Gasteiger partial charge in [0.05, 0.1) is 11.4 Å². The Labute approximate surface area is 191 Å². The number of hydroxylamine groups is 3. The molecule has 0 aliphatic carbocycles. The topological polar surface area (TPSA) is 62.8 Å². The lowest BCUT2D eigenvalue weighted by Crippen LogP contribution is -2.45. The van der Waals surface area contributed by atoms with Crippen LogP contribution >= 0.6 is 15.9 Å². The third-order valence-corrected chi connectivity index (χ3v) is 6.42. The van der Waals surface area contributed by atoms with Crippen LogP contribution < -0.4 is 10.8 Å². The maximum absolute atomic E-state index is 12.2. The third kappa shape index (κ3) is 5.11. The Hall–Kier alpha value is -2.35. The highest BCUT2D eigenvalue weighted by atomic mass is 79.9. The fraction of sp³-hybridized carbons (Fsp3) is 0.375. The standard InChI is InChI=1S/C24H28BrN3O3/c1-23(2,3)18-10-8-17(9-11-18)21-16-24(31-27-21)12-14-28(15-13-24)30-22(29)26-20-7-5-4-6-19(20)25/h4-11,16,27H,12-15H2,1-3H3,(H,26,29). The van der Waals surface area contributed by atoms with Crippen LogP contribution in [-0.2, 0) is 15.1 Å². The SMILES string of the molecule is CC(C)(C)c1ccc(C2=CC3(CCN(OC(=O)Nc4ccccc4Br)CC3)ON2)cc1. The molecule has 2 aromatic rings. The molecular weight excluding hydrogens is 458 g/mol. The van der Waals surface area contributed by atoms with Crippen LogP contribution in [-0.4, -0.2) is 29.8 Å². The molecule has 2 N–H and O–H groups in total. The zero-order valence-corrected chi connectivity index (χ0v) is 19.7. The zero-order valence-electron chi connectivity index (χ0n) is 18.1. The van der Waals surface area contributed by atoms with Gasteiger partial charge in [-0.15, -0.1) is 5.06 Å². The Kier molecular flexibility index (Phi) is 6.10. The van der Waals surface area contributed by atoms with Gasteiger partial charge in [0, 0.05) is 17.6 Å². The lowest BCUT2D eigenvalue weighted by atomic mass is 9.86. The van der Waals surface area contributed by atoms with E-state index in [4.69, 9.17) is 9.68 Å². The van der Waals surface area contributed by atoms with Crippen LogP contribution in [0.2, 0.25) is 0 Å². The second-order valence-corrected chi connectivity index (χ2v) is 9.92. The van der Waals surface area contributed by atoms with E-state index in [1.54, 1.807) is 5.06 Å². The maximum atomic E-state index is 12.2. The number of nitrogens with zero attached hydrogens (tertiary/aromatic N) is 1. The van der Waals surface area contributed by atoms with Crippen LogP contribution in [0, 0.1) is 0 Å². The molecular formula is C24H28BrN3O3. The number of halogens is 1. The molecule has 4 rings (SSSR count). The number of carbonyl (C=O) groups is 1. The third-order valence-electron chi connectivity index (χ3n) is 5.72. The number of hydrogen-bond acceptors (Lipinski definition) is 5. The molecule has 0 atom stereocenters. The summed E-state index contributed by atoms with van der Waals surface area (Å²) in [5.74, 6) is 0. The number of rotatable bonds is 3. The Morgan fingerprint density at radius 2 is 1.81 bits per heavy atom. The van der Waals surface area contributed by atoms with E-state index in [-0.39, 0.29) is 11.0 Å². The van der Waals surface area contributed by atoms with Crippen LogP contribution in [0.15, 0.2) is 59.1 Å². The molecule has 1 amide bonds. The van der Waals surface area contributed by atoms with E-state index in [9.17, 15) is 4.79 Å². The highest BCUT2D eigenvalue weighted by Gasteiger charge is 2.39. The summed E-state index contributed by atoms with van der Waals surface area (Å²) in [6.07, 6.45) is 3.12. The number of para-hydroxylation sites is 1. The fourth-order valence-corrected chi connectivity index (χ4v) is 4.17. The van der Waals surface area contributed by atoms with Gasteiger partial charge in [-0.2, -0.15) is 0 Å². The average molecular weight is 486 g/mol. The molecule has 6 nitrogen and oxygen atoms in total. The molecule has 0 unspecified atom stereocenters. The molecule has 2 aromatic carbocycles. The molecule has 7 heteroatoms. The van der Waals surface area contributed by atoms with E-state index < -0.39 is 6.09 Å². The van der Waals surface area contributed by atoms with Crippen molar-refractivity contribution in [3.63, 3.8) is 0 Å². The normalized spacial score (nSPS) is 18.4. The second-order valence-electron chi connectivity index (χ2n) is 9.07. The molecule has 0 radical (unpaired) electrons. The Balaban J connectivity index is 1.33. The maximum Gasteiger partial charge on any atom is 0.430 e. The molecule has 1 spiro atoms. The molecule has 0 bridgehead atoms. The van der Waals surface area contributed by atoms with E-state index in [0.717, 1.165) is 28.6 Å². The number of carbonyl (C=O) groups excluding carboxylic acids is 1. The number of hydrogen-bond donors (Lipinski definition) is 2. The largest absolute Gasteiger partial charge is 0.430 e. The van der Waals surface area contributed by atoms with Gasteiger partial charge < -0.3 is 4.84 Å². The van der Waals surface area contributed by atoms with Gasteiger partial charge in [-0.05, 0) is 63.5 Å². The van der Waals surface area contributed by atoms with Gasteiger partial charge in [-0.25, -0.2) is 4.79 Å². The summed E-state index contributed by atoms with van der Waals surface area (Å²) < 4.78 is 0.808. The molecule has 31 heavy (non-hydrogen) atoms. The lowest BCUT2D eigenvalue weighted by Gasteiger charge is -2.35. The summed E-state index contributed by atoms with van der Waals surface area (Å²) in [6, 6.07) is 16.0. The Bertz CT molecular complexity index is 974. The van der Waals surface area contributed by atoms with Gasteiger partial charge in [0.25, 0.3) is 0 Å². The van der Waals surface area contributed by atoms with Crippen molar-refractivity contribution >= 4 is 33.4 Å². The van der Waals surface area contributed by atoms with Crippen LogP contribution in [0.5, 0.6) is 0 Å². The minimum absolute atomic E-state index is 0.128. The van der Waals surface area contributed by atoms with E-state index in [1.165, 1.54) is 5.56 Å². The van der Waals surface area contributed by atoms with Crippen molar-refractivity contribution in [3.8, 4) is 0 Å². The average Bonchev–Trinajstić information content (AvgIpc) is 3.15. The molecule has 2 heterocycles. The molecule has 0 saturated carbocycles. The molecule has 1 fully saturated rings. The number of amides is 1. The monoisotopic (exact) mass is 485 g/mol. The lowest BCUT2D eigenvalue weighted by molar-refractivity contribution is -0.153. The predicted octanol–water partition coefficient (Wildman–Crippen LogP) is 5.62.